The first kappa shape index (κ1) is 18.4. The van der Waals surface area contributed by atoms with Crippen LogP contribution in [0.5, 0.6) is 0 Å². The van der Waals surface area contributed by atoms with Crippen molar-refractivity contribution in [3.8, 4) is 0 Å². The van der Waals surface area contributed by atoms with Crippen LogP contribution in [0, 0.1) is 6.92 Å². The minimum Gasteiger partial charge on any atom is -0.391 e. The van der Waals surface area contributed by atoms with E-state index in [-0.39, 0.29) is 0 Å². The highest BCUT2D eigenvalue weighted by Crippen LogP contribution is 2.10. The maximum Gasteiger partial charge on any atom is 0.191 e. The molecule has 0 aliphatic rings. The quantitative estimate of drug-likeness (QED) is 0.506. The molecule has 2 rings (SSSR count). The van der Waals surface area contributed by atoms with Crippen LogP contribution in [0.3, 0.4) is 0 Å². The summed E-state index contributed by atoms with van der Waals surface area (Å²) in [5.41, 5.74) is 1.12. The molecular weight excluding hydrogens is 320 g/mol. The van der Waals surface area contributed by atoms with Crippen LogP contribution in [-0.4, -0.2) is 41.8 Å². The Hall–Kier alpha value is -1.92. The minimum atomic E-state index is -0.482. The standard InChI is InChI=1S/C18H26N4OS/c1-3-19-18(20-10-9-17-21-12-14(2)24-17)22-13-16(23)11-15-7-5-4-6-8-15/h4-8,12,16,23H,3,9-11,13H2,1-2H3,(H2,19,20,22). The molecule has 130 valence electrons. The second kappa shape index (κ2) is 10.1. The molecule has 3 N–H and O–H groups in total. The summed E-state index contributed by atoms with van der Waals surface area (Å²) in [6, 6.07) is 9.98. The number of hydrogen-bond acceptors (Lipinski definition) is 4. The van der Waals surface area contributed by atoms with Crippen molar-refractivity contribution in [3.05, 3.63) is 52.0 Å². The highest BCUT2D eigenvalue weighted by Gasteiger charge is 2.06. The van der Waals surface area contributed by atoms with E-state index >= 15 is 0 Å². The van der Waals surface area contributed by atoms with Crippen molar-refractivity contribution in [2.45, 2.75) is 32.8 Å². The molecular formula is C18H26N4OS. The van der Waals surface area contributed by atoms with E-state index in [0.717, 1.165) is 36.0 Å². The second-order valence-corrected chi connectivity index (χ2v) is 6.92. The third kappa shape index (κ3) is 6.68. The van der Waals surface area contributed by atoms with Crippen molar-refractivity contribution in [2.24, 2.45) is 4.99 Å². The van der Waals surface area contributed by atoms with Crippen molar-refractivity contribution in [1.82, 2.24) is 15.6 Å². The molecule has 0 saturated carbocycles. The number of nitrogens with zero attached hydrogens (tertiary/aromatic N) is 2. The van der Waals surface area contributed by atoms with Gasteiger partial charge >= 0.3 is 0 Å². The van der Waals surface area contributed by atoms with Gasteiger partial charge in [0, 0.05) is 37.0 Å². The second-order valence-electron chi connectivity index (χ2n) is 5.60. The molecule has 0 radical (unpaired) electrons. The average molecular weight is 347 g/mol. The molecule has 1 heterocycles. The van der Waals surface area contributed by atoms with Crippen molar-refractivity contribution in [2.75, 3.05) is 19.6 Å². The van der Waals surface area contributed by atoms with Gasteiger partial charge in [0.05, 0.1) is 17.7 Å². The zero-order valence-electron chi connectivity index (χ0n) is 14.3. The SMILES string of the molecule is CCNC(=NCC(O)Cc1ccccc1)NCCc1ncc(C)s1. The summed E-state index contributed by atoms with van der Waals surface area (Å²) in [6.07, 6.45) is 2.90. The van der Waals surface area contributed by atoms with Gasteiger partial charge in [-0.2, -0.15) is 0 Å². The molecule has 1 unspecified atom stereocenters. The van der Waals surface area contributed by atoms with Gasteiger partial charge in [-0.1, -0.05) is 30.3 Å². The number of rotatable bonds is 8. The number of aliphatic hydroxyl groups excluding tert-OH is 1. The topological polar surface area (TPSA) is 69.5 Å². The Morgan fingerprint density at radius 2 is 2.08 bits per heavy atom. The molecule has 0 aliphatic carbocycles. The van der Waals surface area contributed by atoms with Crippen LogP contribution in [0.25, 0.3) is 0 Å². The van der Waals surface area contributed by atoms with Crippen LogP contribution in [0.2, 0.25) is 0 Å². The van der Waals surface area contributed by atoms with Crippen molar-refractivity contribution in [3.63, 3.8) is 0 Å². The van der Waals surface area contributed by atoms with Crippen LogP contribution in [0.15, 0.2) is 41.5 Å². The van der Waals surface area contributed by atoms with Crippen LogP contribution in [-0.2, 0) is 12.8 Å². The van der Waals surface area contributed by atoms with Gasteiger partial charge < -0.3 is 15.7 Å². The maximum absolute atomic E-state index is 10.2. The predicted octanol–water partition coefficient (Wildman–Crippen LogP) is 2.15. The first-order valence-electron chi connectivity index (χ1n) is 8.33. The molecule has 0 fully saturated rings. The summed E-state index contributed by atoms with van der Waals surface area (Å²) in [4.78, 5) is 10.1. The molecule has 24 heavy (non-hydrogen) atoms. The first-order valence-corrected chi connectivity index (χ1v) is 9.14. The maximum atomic E-state index is 10.2. The van der Waals surface area contributed by atoms with Gasteiger partial charge in [-0.3, -0.25) is 4.99 Å². The summed E-state index contributed by atoms with van der Waals surface area (Å²) in [5, 5.41) is 17.8. The van der Waals surface area contributed by atoms with Gasteiger partial charge in [0.2, 0.25) is 0 Å². The Morgan fingerprint density at radius 1 is 1.29 bits per heavy atom. The third-order valence-corrected chi connectivity index (χ3v) is 4.39. The lowest BCUT2D eigenvalue weighted by Crippen LogP contribution is -2.39. The Balaban J connectivity index is 1.78. The number of benzene rings is 1. The van der Waals surface area contributed by atoms with Gasteiger partial charge in [0.15, 0.2) is 5.96 Å². The van der Waals surface area contributed by atoms with Gasteiger partial charge in [0.25, 0.3) is 0 Å². The van der Waals surface area contributed by atoms with E-state index in [9.17, 15) is 5.11 Å². The smallest absolute Gasteiger partial charge is 0.191 e. The molecule has 1 aromatic carbocycles. The summed E-state index contributed by atoms with van der Waals surface area (Å²) in [7, 11) is 0. The molecule has 2 aromatic rings. The summed E-state index contributed by atoms with van der Waals surface area (Å²) >= 11 is 1.72. The lowest BCUT2D eigenvalue weighted by atomic mass is 10.1. The highest BCUT2D eigenvalue weighted by atomic mass is 32.1. The average Bonchev–Trinajstić information content (AvgIpc) is 2.99. The van der Waals surface area contributed by atoms with E-state index in [2.05, 4.69) is 27.5 Å². The Labute approximate surface area is 147 Å². The van der Waals surface area contributed by atoms with E-state index in [1.807, 2.05) is 43.5 Å². The van der Waals surface area contributed by atoms with Gasteiger partial charge in [-0.25, -0.2) is 4.98 Å². The molecule has 0 amide bonds. The first-order chi connectivity index (χ1) is 11.7. The molecule has 0 spiro atoms. The van der Waals surface area contributed by atoms with Gasteiger partial charge in [0.1, 0.15) is 0 Å². The van der Waals surface area contributed by atoms with Crippen LogP contribution in [0.1, 0.15) is 22.4 Å². The number of aliphatic imine (C=N–C) groups is 1. The van der Waals surface area contributed by atoms with E-state index in [1.54, 1.807) is 11.3 Å². The van der Waals surface area contributed by atoms with Gasteiger partial charge in [-0.05, 0) is 19.4 Å². The zero-order chi connectivity index (χ0) is 17.2. The van der Waals surface area contributed by atoms with Crippen LogP contribution in [0.4, 0.5) is 0 Å². The lowest BCUT2D eigenvalue weighted by molar-refractivity contribution is 0.183. The molecule has 6 heteroatoms. The van der Waals surface area contributed by atoms with E-state index in [0.29, 0.717) is 13.0 Å². The van der Waals surface area contributed by atoms with Crippen molar-refractivity contribution < 1.29 is 5.11 Å². The fourth-order valence-corrected chi connectivity index (χ4v) is 3.08. The number of aryl methyl sites for hydroxylation is 1. The Kier molecular flexibility index (Phi) is 7.71. The monoisotopic (exact) mass is 346 g/mol. The van der Waals surface area contributed by atoms with E-state index in [1.165, 1.54) is 4.88 Å². The van der Waals surface area contributed by atoms with Crippen LogP contribution < -0.4 is 10.6 Å². The number of guanidine groups is 1. The van der Waals surface area contributed by atoms with Crippen molar-refractivity contribution >= 4 is 17.3 Å². The molecule has 5 nitrogen and oxygen atoms in total. The molecule has 0 saturated heterocycles. The minimum absolute atomic E-state index is 0.376. The predicted molar refractivity (Wildman–Crippen MR) is 101 cm³/mol. The van der Waals surface area contributed by atoms with Gasteiger partial charge in [-0.15, -0.1) is 11.3 Å². The molecule has 1 atom stereocenters. The third-order valence-electron chi connectivity index (χ3n) is 3.42. The highest BCUT2D eigenvalue weighted by molar-refractivity contribution is 7.11. The fraction of sp³-hybridized carbons (Fsp3) is 0.444. The largest absolute Gasteiger partial charge is 0.391 e. The van der Waals surface area contributed by atoms with Crippen molar-refractivity contribution in [1.29, 1.82) is 0 Å². The number of thiazole rings is 1. The van der Waals surface area contributed by atoms with Crippen LogP contribution >= 0.6 is 11.3 Å². The lowest BCUT2D eigenvalue weighted by Gasteiger charge is -2.13. The molecule has 1 aromatic heterocycles. The summed E-state index contributed by atoms with van der Waals surface area (Å²) in [6.45, 7) is 6.03. The number of nitrogens with one attached hydrogen (secondary N) is 2. The van der Waals surface area contributed by atoms with E-state index < -0.39 is 6.10 Å². The molecule has 0 aliphatic heterocycles. The normalized spacial score (nSPS) is 12.9. The summed E-state index contributed by atoms with van der Waals surface area (Å²) < 4.78 is 0. The fourth-order valence-electron chi connectivity index (χ4n) is 2.29. The Bertz CT molecular complexity index is 627. The zero-order valence-corrected chi connectivity index (χ0v) is 15.1. The number of hydrogen-bond donors (Lipinski definition) is 3. The van der Waals surface area contributed by atoms with E-state index in [4.69, 9.17) is 0 Å². The number of aliphatic hydroxyl groups is 1. The number of aromatic nitrogens is 1. The summed E-state index contributed by atoms with van der Waals surface area (Å²) in [5.74, 6) is 0.734. The molecule has 0 bridgehead atoms. The Morgan fingerprint density at radius 3 is 2.75 bits per heavy atom.